The highest BCUT2D eigenvalue weighted by molar-refractivity contribution is 5.16. The summed E-state index contributed by atoms with van der Waals surface area (Å²) in [5.41, 5.74) is 0.340. The van der Waals surface area contributed by atoms with Crippen molar-refractivity contribution in [3.63, 3.8) is 0 Å². The predicted octanol–water partition coefficient (Wildman–Crippen LogP) is 1.47. The molecule has 12 heavy (non-hydrogen) atoms. The molecule has 2 heteroatoms. The zero-order valence-electron chi connectivity index (χ0n) is 8.04. The van der Waals surface area contributed by atoms with E-state index in [2.05, 4.69) is 13.8 Å². The SMILES string of the molecule is CC(C)C1=C[C@@H](O)C(C)(O)CC1. The Balaban J connectivity index is 2.75. The molecule has 2 nitrogen and oxygen atoms in total. The molecule has 70 valence electrons. The second-order valence-corrected chi connectivity index (χ2v) is 4.20. The highest BCUT2D eigenvalue weighted by atomic mass is 16.3. The summed E-state index contributed by atoms with van der Waals surface area (Å²) in [6.45, 7) is 5.91. The second kappa shape index (κ2) is 3.19. The number of rotatable bonds is 1. The molecule has 0 fully saturated rings. The molecule has 0 aliphatic heterocycles. The third kappa shape index (κ3) is 1.87. The lowest BCUT2D eigenvalue weighted by atomic mass is 9.81. The number of allylic oxidation sites excluding steroid dienone is 1. The average molecular weight is 170 g/mol. The Labute approximate surface area is 73.9 Å². The number of aliphatic hydroxyl groups is 2. The molecule has 0 aromatic carbocycles. The Morgan fingerprint density at radius 2 is 2.17 bits per heavy atom. The zero-order chi connectivity index (χ0) is 9.35. The molecule has 1 unspecified atom stereocenters. The Bertz CT molecular complexity index is 192. The van der Waals surface area contributed by atoms with Crippen molar-refractivity contribution in [1.82, 2.24) is 0 Å². The van der Waals surface area contributed by atoms with Crippen LogP contribution in [0, 0.1) is 5.92 Å². The van der Waals surface area contributed by atoms with Crippen LogP contribution in [0.4, 0.5) is 0 Å². The highest BCUT2D eigenvalue weighted by Gasteiger charge is 2.32. The lowest BCUT2D eigenvalue weighted by molar-refractivity contribution is -0.0494. The van der Waals surface area contributed by atoms with Crippen LogP contribution < -0.4 is 0 Å². The lowest BCUT2D eigenvalue weighted by Gasteiger charge is -2.33. The summed E-state index contributed by atoms with van der Waals surface area (Å²) in [5.74, 6) is 0.482. The van der Waals surface area contributed by atoms with E-state index in [0.29, 0.717) is 12.3 Å². The molecule has 0 saturated carbocycles. The van der Waals surface area contributed by atoms with E-state index in [4.69, 9.17) is 0 Å². The van der Waals surface area contributed by atoms with Crippen molar-refractivity contribution in [3.05, 3.63) is 11.6 Å². The van der Waals surface area contributed by atoms with Crippen LogP contribution in [0.5, 0.6) is 0 Å². The Morgan fingerprint density at radius 1 is 1.58 bits per heavy atom. The van der Waals surface area contributed by atoms with Crippen molar-refractivity contribution in [3.8, 4) is 0 Å². The molecule has 0 amide bonds. The molecule has 0 heterocycles. The first-order valence-electron chi connectivity index (χ1n) is 4.54. The summed E-state index contributed by atoms with van der Waals surface area (Å²) in [6.07, 6.45) is 2.68. The third-order valence-corrected chi connectivity index (χ3v) is 2.67. The van der Waals surface area contributed by atoms with E-state index in [9.17, 15) is 10.2 Å². The molecule has 2 atom stereocenters. The number of hydrogen-bond acceptors (Lipinski definition) is 2. The molecule has 0 bridgehead atoms. The van der Waals surface area contributed by atoms with Gasteiger partial charge >= 0.3 is 0 Å². The van der Waals surface area contributed by atoms with Crippen LogP contribution in [-0.2, 0) is 0 Å². The van der Waals surface area contributed by atoms with Gasteiger partial charge in [-0.1, -0.05) is 25.5 Å². The molecule has 0 radical (unpaired) electrons. The van der Waals surface area contributed by atoms with Crippen LogP contribution in [0.25, 0.3) is 0 Å². The number of aliphatic hydroxyl groups excluding tert-OH is 1. The first-order chi connectivity index (χ1) is 5.43. The second-order valence-electron chi connectivity index (χ2n) is 4.20. The first kappa shape index (κ1) is 9.75. The van der Waals surface area contributed by atoms with Gasteiger partial charge in [-0.3, -0.25) is 0 Å². The normalized spacial score (nSPS) is 36.8. The van der Waals surface area contributed by atoms with E-state index in [1.807, 2.05) is 0 Å². The largest absolute Gasteiger partial charge is 0.387 e. The minimum Gasteiger partial charge on any atom is -0.387 e. The standard InChI is InChI=1S/C10H18O2/c1-7(2)8-4-5-10(3,12)9(11)6-8/h6-7,9,11-12H,4-5H2,1-3H3/t9-,10?/m1/s1. The van der Waals surface area contributed by atoms with E-state index < -0.39 is 11.7 Å². The van der Waals surface area contributed by atoms with Crippen molar-refractivity contribution in [2.45, 2.75) is 45.3 Å². The Hall–Kier alpha value is -0.340. The highest BCUT2D eigenvalue weighted by Crippen LogP contribution is 2.30. The third-order valence-electron chi connectivity index (χ3n) is 2.67. The summed E-state index contributed by atoms with van der Waals surface area (Å²) < 4.78 is 0. The first-order valence-corrected chi connectivity index (χ1v) is 4.54. The van der Waals surface area contributed by atoms with Crippen molar-refractivity contribution < 1.29 is 10.2 Å². The van der Waals surface area contributed by atoms with Crippen LogP contribution in [-0.4, -0.2) is 21.9 Å². The molecule has 1 aliphatic carbocycles. The van der Waals surface area contributed by atoms with E-state index in [1.165, 1.54) is 5.57 Å². The van der Waals surface area contributed by atoms with Gasteiger partial charge in [-0.15, -0.1) is 0 Å². The van der Waals surface area contributed by atoms with Crippen LogP contribution in [0.1, 0.15) is 33.6 Å². The van der Waals surface area contributed by atoms with Crippen LogP contribution in [0.2, 0.25) is 0 Å². The van der Waals surface area contributed by atoms with Gasteiger partial charge in [-0.25, -0.2) is 0 Å². The van der Waals surface area contributed by atoms with E-state index in [-0.39, 0.29) is 0 Å². The lowest BCUT2D eigenvalue weighted by Crippen LogP contribution is -2.40. The molecule has 0 saturated heterocycles. The smallest absolute Gasteiger partial charge is 0.101 e. The minimum absolute atomic E-state index is 0.482. The number of hydrogen-bond donors (Lipinski definition) is 2. The molecular weight excluding hydrogens is 152 g/mol. The summed E-state index contributed by atoms with van der Waals surface area (Å²) in [7, 11) is 0. The van der Waals surface area contributed by atoms with E-state index in [1.54, 1.807) is 13.0 Å². The summed E-state index contributed by atoms with van der Waals surface area (Å²) in [5, 5.41) is 19.2. The van der Waals surface area contributed by atoms with Crippen LogP contribution >= 0.6 is 0 Å². The quantitative estimate of drug-likeness (QED) is 0.585. The van der Waals surface area contributed by atoms with E-state index in [0.717, 1.165) is 6.42 Å². The van der Waals surface area contributed by atoms with Gasteiger partial charge in [-0.2, -0.15) is 0 Å². The van der Waals surface area contributed by atoms with Gasteiger partial charge in [0.05, 0.1) is 5.60 Å². The maximum atomic E-state index is 9.65. The van der Waals surface area contributed by atoms with Gasteiger partial charge in [0.15, 0.2) is 0 Å². The molecule has 0 aromatic heterocycles. The van der Waals surface area contributed by atoms with Crippen molar-refractivity contribution >= 4 is 0 Å². The minimum atomic E-state index is -0.918. The maximum absolute atomic E-state index is 9.65. The van der Waals surface area contributed by atoms with Gasteiger partial charge < -0.3 is 10.2 Å². The summed E-state index contributed by atoms with van der Waals surface area (Å²) in [6, 6.07) is 0. The fourth-order valence-electron chi connectivity index (χ4n) is 1.49. The molecule has 2 N–H and O–H groups in total. The molecule has 1 aliphatic rings. The summed E-state index contributed by atoms with van der Waals surface area (Å²) >= 11 is 0. The van der Waals surface area contributed by atoms with Gasteiger partial charge in [-0.05, 0) is 25.7 Å². The Morgan fingerprint density at radius 3 is 2.58 bits per heavy atom. The van der Waals surface area contributed by atoms with E-state index >= 15 is 0 Å². The molecule has 0 spiro atoms. The van der Waals surface area contributed by atoms with Crippen molar-refractivity contribution in [2.24, 2.45) is 5.92 Å². The zero-order valence-corrected chi connectivity index (χ0v) is 8.04. The summed E-state index contributed by atoms with van der Waals surface area (Å²) in [4.78, 5) is 0. The van der Waals surface area contributed by atoms with Crippen molar-refractivity contribution in [1.29, 1.82) is 0 Å². The monoisotopic (exact) mass is 170 g/mol. The maximum Gasteiger partial charge on any atom is 0.101 e. The van der Waals surface area contributed by atoms with Crippen molar-refractivity contribution in [2.75, 3.05) is 0 Å². The molecular formula is C10H18O2. The van der Waals surface area contributed by atoms with Gasteiger partial charge in [0.25, 0.3) is 0 Å². The topological polar surface area (TPSA) is 40.5 Å². The Kier molecular flexibility index (Phi) is 2.59. The van der Waals surface area contributed by atoms with Gasteiger partial charge in [0.2, 0.25) is 0 Å². The predicted molar refractivity (Wildman–Crippen MR) is 48.8 cm³/mol. The van der Waals surface area contributed by atoms with Crippen LogP contribution in [0.15, 0.2) is 11.6 Å². The fourth-order valence-corrected chi connectivity index (χ4v) is 1.49. The van der Waals surface area contributed by atoms with Crippen LogP contribution in [0.3, 0.4) is 0 Å². The molecule has 1 rings (SSSR count). The fraction of sp³-hybridized carbons (Fsp3) is 0.800. The van der Waals surface area contributed by atoms with Gasteiger partial charge in [0.1, 0.15) is 6.10 Å². The van der Waals surface area contributed by atoms with Gasteiger partial charge in [0, 0.05) is 0 Å². The molecule has 0 aromatic rings. The average Bonchev–Trinajstić information content (AvgIpc) is 1.94.